The van der Waals surface area contributed by atoms with Gasteiger partial charge in [-0.25, -0.2) is 4.79 Å². The molecule has 29 heavy (non-hydrogen) atoms. The zero-order valence-electron chi connectivity index (χ0n) is 16.6. The van der Waals surface area contributed by atoms with Gasteiger partial charge in [-0.15, -0.1) is 0 Å². The van der Waals surface area contributed by atoms with Gasteiger partial charge in [0.2, 0.25) is 0 Å². The van der Waals surface area contributed by atoms with Gasteiger partial charge in [0.25, 0.3) is 0 Å². The zero-order valence-corrected chi connectivity index (χ0v) is 16.6. The van der Waals surface area contributed by atoms with Crippen LogP contribution in [0.5, 0.6) is 5.75 Å². The van der Waals surface area contributed by atoms with E-state index in [0.29, 0.717) is 22.5 Å². The second-order valence-corrected chi connectivity index (χ2v) is 6.81. The fraction of sp³-hybridized carbons (Fsp3) is 0.261. The van der Waals surface area contributed by atoms with Gasteiger partial charge in [0, 0.05) is 29.0 Å². The van der Waals surface area contributed by atoms with Crippen LogP contribution >= 0.6 is 0 Å². The maximum Gasteiger partial charge on any atom is 0.339 e. The van der Waals surface area contributed by atoms with Gasteiger partial charge in [0.1, 0.15) is 11.3 Å². The zero-order chi connectivity index (χ0) is 21.0. The Morgan fingerprint density at radius 2 is 1.76 bits per heavy atom. The fourth-order valence-electron chi connectivity index (χ4n) is 3.06. The maximum atomic E-state index is 12.3. The van der Waals surface area contributed by atoms with Crippen LogP contribution in [-0.4, -0.2) is 25.5 Å². The Kier molecular flexibility index (Phi) is 6.12. The molecule has 0 saturated heterocycles. The van der Waals surface area contributed by atoms with Crippen LogP contribution in [0.2, 0.25) is 0 Å². The molecule has 1 heterocycles. The molecule has 0 bridgehead atoms. The predicted molar refractivity (Wildman–Crippen MR) is 109 cm³/mol. The van der Waals surface area contributed by atoms with Gasteiger partial charge in [-0.3, -0.25) is 9.59 Å². The van der Waals surface area contributed by atoms with Gasteiger partial charge in [0.05, 0.1) is 7.11 Å². The molecule has 6 heteroatoms. The molecule has 1 aromatic heterocycles. The van der Waals surface area contributed by atoms with Crippen LogP contribution < -0.4 is 10.4 Å². The summed E-state index contributed by atoms with van der Waals surface area (Å²) in [5.41, 5.74) is 2.65. The van der Waals surface area contributed by atoms with Gasteiger partial charge < -0.3 is 13.9 Å². The number of rotatable bonds is 7. The molecule has 150 valence electrons. The Labute approximate surface area is 168 Å². The minimum Gasteiger partial charge on any atom is -0.497 e. The third-order valence-electron chi connectivity index (χ3n) is 4.81. The average molecular weight is 394 g/mol. The molecular weight excluding hydrogens is 372 g/mol. The highest BCUT2D eigenvalue weighted by Gasteiger charge is 2.15. The Balaban J connectivity index is 1.64. The van der Waals surface area contributed by atoms with Crippen LogP contribution in [0.25, 0.3) is 11.0 Å². The number of aryl methyl sites for hydroxylation is 2. The number of carbonyl (C=O) groups excluding carboxylic acids is 2. The summed E-state index contributed by atoms with van der Waals surface area (Å²) in [4.78, 5) is 36.5. The van der Waals surface area contributed by atoms with Crippen LogP contribution in [0.1, 0.15) is 33.5 Å². The van der Waals surface area contributed by atoms with Crippen LogP contribution in [-0.2, 0) is 16.0 Å². The second kappa shape index (κ2) is 8.73. The first-order chi connectivity index (χ1) is 13.9. The molecule has 0 unspecified atom stereocenters. The molecule has 0 aliphatic carbocycles. The van der Waals surface area contributed by atoms with E-state index in [1.165, 1.54) is 7.11 Å². The van der Waals surface area contributed by atoms with Crippen molar-refractivity contribution in [1.82, 2.24) is 0 Å². The summed E-state index contributed by atoms with van der Waals surface area (Å²) < 4.78 is 15.6. The average Bonchev–Trinajstić information content (AvgIpc) is 2.71. The number of ketones is 1. The van der Waals surface area contributed by atoms with E-state index in [2.05, 4.69) is 0 Å². The van der Waals surface area contributed by atoms with E-state index >= 15 is 0 Å². The van der Waals surface area contributed by atoms with Gasteiger partial charge in [-0.1, -0.05) is 29.8 Å². The monoisotopic (exact) mass is 394 g/mol. The Morgan fingerprint density at radius 3 is 2.45 bits per heavy atom. The number of methoxy groups -OCH3 is 1. The lowest BCUT2D eigenvalue weighted by Crippen LogP contribution is -2.17. The topological polar surface area (TPSA) is 82.8 Å². The molecule has 6 nitrogen and oxygen atoms in total. The SMILES string of the molecule is COc1ccc2c(C)c(CCC(=O)OCC(=O)c3ccc(C)cc3)c(=O)oc2c1. The fourth-order valence-corrected chi connectivity index (χ4v) is 3.06. The van der Waals surface area contributed by atoms with Crippen molar-refractivity contribution in [2.75, 3.05) is 13.7 Å². The van der Waals surface area contributed by atoms with Gasteiger partial charge >= 0.3 is 11.6 Å². The molecule has 0 fully saturated rings. The lowest BCUT2D eigenvalue weighted by atomic mass is 10.0. The quantitative estimate of drug-likeness (QED) is 0.345. The summed E-state index contributed by atoms with van der Waals surface area (Å²) in [7, 11) is 1.54. The van der Waals surface area contributed by atoms with Crippen LogP contribution in [0.4, 0.5) is 0 Å². The normalized spacial score (nSPS) is 10.7. The summed E-state index contributed by atoms with van der Waals surface area (Å²) >= 11 is 0. The highest BCUT2D eigenvalue weighted by Crippen LogP contribution is 2.24. The van der Waals surface area contributed by atoms with E-state index in [9.17, 15) is 14.4 Å². The summed E-state index contributed by atoms with van der Waals surface area (Å²) in [6.07, 6.45) is 0.155. The molecule has 0 spiro atoms. The van der Waals surface area contributed by atoms with Crippen molar-refractivity contribution in [1.29, 1.82) is 0 Å². The van der Waals surface area contributed by atoms with E-state index in [1.54, 1.807) is 24.3 Å². The van der Waals surface area contributed by atoms with E-state index in [1.807, 2.05) is 32.0 Å². The Morgan fingerprint density at radius 1 is 1.03 bits per heavy atom. The third kappa shape index (κ3) is 4.71. The Hall–Kier alpha value is -3.41. The van der Waals surface area contributed by atoms with Gasteiger partial charge in [0.15, 0.2) is 12.4 Å². The van der Waals surface area contributed by atoms with Crippen LogP contribution in [0.3, 0.4) is 0 Å². The molecule has 0 saturated carbocycles. The molecule has 0 amide bonds. The van der Waals surface area contributed by atoms with Crippen molar-refractivity contribution in [3.63, 3.8) is 0 Å². The largest absolute Gasteiger partial charge is 0.497 e. The van der Waals surface area contributed by atoms with Crippen molar-refractivity contribution in [3.8, 4) is 5.75 Å². The molecule has 2 aromatic carbocycles. The number of carbonyl (C=O) groups is 2. The van der Waals surface area contributed by atoms with Gasteiger partial charge in [-0.2, -0.15) is 0 Å². The number of fused-ring (bicyclic) bond motifs is 1. The van der Waals surface area contributed by atoms with Crippen molar-refractivity contribution in [3.05, 3.63) is 75.1 Å². The van der Waals surface area contributed by atoms with E-state index in [0.717, 1.165) is 16.5 Å². The second-order valence-electron chi connectivity index (χ2n) is 6.81. The number of hydrogen-bond acceptors (Lipinski definition) is 6. The lowest BCUT2D eigenvalue weighted by Gasteiger charge is -2.09. The summed E-state index contributed by atoms with van der Waals surface area (Å²) in [6, 6.07) is 12.3. The number of ether oxygens (including phenoxy) is 2. The van der Waals surface area contributed by atoms with Crippen LogP contribution in [0.15, 0.2) is 51.7 Å². The molecule has 3 rings (SSSR count). The van der Waals surface area contributed by atoms with E-state index in [-0.39, 0.29) is 25.2 Å². The molecule has 0 aliphatic heterocycles. The molecule has 0 radical (unpaired) electrons. The van der Waals surface area contributed by atoms with Crippen molar-refractivity contribution < 1.29 is 23.5 Å². The van der Waals surface area contributed by atoms with Crippen LogP contribution in [0, 0.1) is 13.8 Å². The molecule has 3 aromatic rings. The number of esters is 1. The summed E-state index contributed by atoms with van der Waals surface area (Å²) in [5.74, 6) is -0.220. The minimum absolute atomic E-state index is 0.0194. The van der Waals surface area contributed by atoms with Gasteiger partial charge in [-0.05, 0) is 38.0 Å². The highest BCUT2D eigenvalue weighted by molar-refractivity contribution is 5.98. The third-order valence-corrected chi connectivity index (χ3v) is 4.81. The van der Waals surface area contributed by atoms with E-state index in [4.69, 9.17) is 13.9 Å². The van der Waals surface area contributed by atoms with Crippen molar-refractivity contribution in [2.45, 2.75) is 26.7 Å². The van der Waals surface area contributed by atoms with E-state index < -0.39 is 11.6 Å². The van der Waals surface area contributed by atoms with Crippen molar-refractivity contribution >= 4 is 22.7 Å². The van der Waals surface area contributed by atoms with Crippen molar-refractivity contribution in [2.24, 2.45) is 0 Å². The predicted octanol–water partition coefficient (Wildman–Crippen LogP) is 3.78. The number of hydrogen-bond donors (Lipinski definition) is 0. The number of benzene rings is 2. The molecule has 0 atom stereocenters. The first-order valence-electron chi connectivity index (χ1n) is 9.25. The smallest absolute Gasteiger partial charge is 0.339 e. The minimum atomic E-state index is -0.543. The standard InChI is InChI=1S/C23H22O6/c1-14-4-6-16(7-5-14)20(24)13-28-22(25)11-10-19-15(2)18-9-8-17(27-3)12-21(18)29-23(19)26/h4-9,12H,10-11,13H2,1-3H3. The molecular formula is C23H22O6. The lowest BCUT2D eigenvalue weighted by molar-refractivity contribution is -0.142. The maximum absolute atomic E-state index is 12.3. The molecule has 0 aliphatic rings. The molecule has 0 N–H and O–H groups in total. The Bertz CT molecular complexity index is 1110. The first kappa shape index (κ1) is 20.3. The number of Topliss-reactive ketones (excluding diaryl/α,β-unsaturated/α-hetero) is 1. The highest BCUT2D eigenvalue weighted by atomic mass is 16.5. The first-order valence-corrected chi connectivity index (χ1v) is 9.25. The summed E-state index contributed by atoms with van der Waals surface area (Å²) in [5, 5.41) is 0.781. The summed E-state index contributed by atoms with van der Waals surface area (Å²) in [6.45, 7) is 3.41.